The van der Waals surface area contributed by atoms with E-state index in [1.807, 2.05) is 36.7 Å². The lowest BCUT2D eigenvalue weighted by atomic mass is 9.82. The smallest absolute Gasteiger partial charge is 0.141 e. The van der Waals surface area contributed by atoms with Gasteiger partial charge in [0.25, 0.3) is 0 Å². The van der Waals surface area contributed by atoms with Crippen molar-refractivity contribution in [2.75, 3.05) is 12.9 Å². The Labute approximate surface area is 224 Å². The average molecular weight is 523 g/mol. The van der Waals surface area contributed by atoms with Crippen molar-refractivity contribution < 1.29 is 20.1 Å². The molecule has 6 nitrogen and oxygen atoms in total. The molecule has 7 heteroatoms. The van der Waals surface area contributed by atoms with Gasteiger partial charge in [0.2, 0.25) is 0 Å². The fourth-order valence-electron chi connectivity index (χ4n) is 5.90. The molecule has 5 atom stereocenters. The van der Waals surface area contributed by atoms with Crippen LogP contribution in [0.1, 0.15) is 63.5 Å². The van der Waals surface area contributed by atoms with Gasteiger partial charge in [-0.1, -0.05) is 23.8 Å². The van der Waals surface area contributed by atoms with Gasteiger partial charge in [0.15, 0.2) is 0 Å². The zero-order valence-corrected chi connectivity index (χ0v) is 22.5. The van der Waals surface area contributed by atoms with E-state index in [1.54, 1.807) is 18.9 Å². The second kappa shape index (κ2) is 11.6. The van der Waals surface area contributed by atoms with E-state index < -0.39 is 12.3 Å². The SMILES string of the molecule is COc1ccc([C@@H](O)CSC2C(O)N(C3=CC(C)=C(C4=CN=CCC4)CC3)[C@@H]2C2=CCC(O)CC2)cc1. The van der Waals surface area contributed by atoms with Gasteiger partial charge in [-0.2, -0.15) is 0 Å². The van der Waals surface area contributed by atoms with Crippen molar-refractivity contribution in [2.45, 2.75) is 81.6 Å². The third kappa shape index (κ3) is 5.60. The van der Waals surface area contributed by atoms with Crippen molar-refractivity contribution in [3.8, 4) is 5.75 Å². The lowest BCUT2D eigenvalue weighted by Crippen LogP contribution is -2.66. The lowest BCUT2D eigenvalue weighted by molar-refractivity contribution is -0.0777. The van der Waals surface area contributed by atoms with E-state index in [0.717, 1.165) is 49.8 Å². The van der Waals surface area contributed by atoms with Gasteiger partial charge in [-0.25, -0.2) is 0 Å². The second-order valence-electron chi connectivity index (χ2n) is 10.4. The summed E-state index contributed by atoms with van der Waals surface area (Å²) in [6.07, 6.45) is 13.0. The van der Waals surface area contributed by atoms with Gasteiger partial charge >= 0.3 is 0 Å². The van der Waals surface area contributed by atoms with Gasteiger partial charge < -0.3 is 25.0 Å². The zero-order valence-electron chi connectivity index (χ0n) is 21.7. The number of methoxy groups -OCH3 is 1. The summed E-state index contributed by atoms with van der Waals surface area (Å²) in [7, 11) is 1.63. The molecule has 0 amide bonds. The Hall–Kier alpha value is -2.32. The molecule has 1 aromatic carbocycles. The predicted molar refractivity (Wildman–Crippen MR) is 150 cm³/mol. The lowest BCUT2D eigenvalue weighted by Gasteiger charge is -2.56. The van der Waals surface area contributed by atoms with Crippen LogP contribution in [0.4, 0.5) is 0 Å². The van der Waals surface area contributed by atoms with Gasteiger partial charge in [-0.15, -0.1) is 11.8 Å². The highest BCUT2D eigenvalue weighted by atomic mass is 32.2. The molecule has 37 heavy (non-hydrogen) atoms. The van der Waals surface area contributed by atoms with E-state index in [0.29, 0.717) is 12.2 Å². The molecule has 2 heterocycles. The Bertz CT molecular complexity index is 1140. The molecular weight excluding hydrogens is 484 g/mol. The Morgan fingerprint density at radius 1 is 1.14 bits per heavy atom. The number of benzene rings is 1. The van der Waals surface area contributed by atoms with E-state index in [-0.39, 0.29) is 17.4 Å². The number of thioether (sulfide) groups is 1. The van der Waals surface area contributed by atoms with E-state index in [4.69, 9.17) is 4.74 Å². The van der Waals surface area contributed by atoms with Crippen LogP contribution >= 0.6 is 11.8 Å². The van der Waals surface area contributed by atoms with Crippen molar-refractivity contribution in [1.82, 2.24) is 4.90 Å². The summed E-state index contributed by atoms with van der Waals surface area (Å²) in [5.41, 5.74) is 7.30. The average Bonchev–Trinajstić information content (AvgIpc) is 2.93. The molecule has 1 aromatic rings. The van der Waals surface area contributed by atoms with Gasteiger partial charge in [-0.3, -0.25) is 4.99 Å². The van der Waals surface area contributed by atoms with Gasteiger partial charge in [-0.05, 0) is 92.4 Å². The first-order valence-electron chi connectivity index (χ1n) is 13.3. The maximum atomic E-state index is 11.4. The first-order chi connectivity index (χ1) is 18.0. The predicted octanol–water partition coefficient (Wildman–Crippen LogP) is 5.05. The highest BCUT2D eigenvalue weighted by Gasteiger charge is 2.50. The van der Waals surface area contributed by atoms with Gasteiger partial charge in [0.1, 0.15) is 12.0 Å². The molecule has 2 aliphatic carbocycles. The highest BCUT2D eigenvalue weighted by Crippen LogP contribution is 2.47. The molecule has 1 saturated heterocycles. The summed E-state index contributed by atoms with van der Waals surface area (Å²) in [5, 5.41) is 32.2. The molecule has 0 radical (unpaired) electrons. The number of aliphatic hydroxyl groups excluding tert-OH is 3. The molecule has 3 unspecified atom stereocenters. The van der Waals surface area contributed by atoms with E-state index in [9.17, 15) is 15.3 Å². The fraction of sp³-hybridized carbons (Fsp3) is 0.500. The number of likely N-dealkylation sites (tertiary alicyclic amines) is 1. The fourth-order valence-corrected chi connectivity index (χ4v) is 7.29. The topological polar surface area (TPSA) is 85.5 Å². The Morgan fingerprint density at radius 3 is 2.59 bits per heavy atom. The minimum Gasteiger partial charge on any atom is -0.497 e. The number of aliphatic imine (C=N–C) groups is 1. The molecule has 0 spiro atoms. The summed E-state index contributed by atoms with van der Waals surface area (Å²) < 4.78 is 5.23. The maximum Gasteiger partial charge on any atom is 0.141 e. The second-order valence-corrected chi connectivity index (χ2v) is 11.6. The zero-order chi connectivity index (χ0) is 25.9. The van der Waals surface area contributed by atoms with Crippen molar-refractivity contribution in [2.24, 2.45) is 4.99 Å². The quantitative estimate of drug-likeness (QED) is 0.415. The monoisotopic (exact) mass is 522 g/mol. The van der Waals surface area contributed by atoms with Crippen molar-refractivity contribution in [3.05, 3.63) is 76.2 Å². The van der Waals surface area contributed by atoms with Crippen LogP contribution in [0.15, 0.2) is 75.6 Å². The Balaban J connectivity index is 1.33. The molecule has 0 aromatic heterocycles. The molecule has 5 rings (SSSR count). The number of allylic oxidation sites excluding steroid dienone is 5. The molecule has 2 aliphatic heterocycles. The minimum atomic E-state index is -0.618. The van der Waals surface area contributed by atoms with Crippen molar-refractivity contribution >= 4 is 18.0 Å². The van der Waals surface area contributed by atoms with Crippen LogP contribution in [0.25, 0.3) is 0 Å². The van der Waals surface area contributed by atoms with Crippen molar-refractivity contribution in [1.29, 1.82) is 0 Å². The van der Waals surface area contributed by atoms with Crippen LogP contribution in [0, 0.1) is 0 Å². The third-order valence-electron chi connectivity index (χ3n) is 8.02. The molecule has 0 saturated carbocycles. The summed E-state index contributed by atoms with van der Waals surface area (Å²) in [6, 6.07) is 7.58. The number of aliphatic hydroxyl groups is 3. The van der Waals surface area contributed by atoms with Crippen LogP contribution < -0.4 is 4.74 Å². The molecule has 198 valence electrons. The van der Waals surface area contributed by atoms with Crippen LogP contribution in [0.5, 0.6) is 5.75 Å². The molecule has 1 fully saturated rings. The van der Waals surface area contributed by atoms with E-state index in [2.05, 4.69) is 29.0 Å². The van der Waals surface area contributed by atoms with Gasteiger partial charge in [0.05, 0.1) is 30.6 Å². The van der Waals surface area contributed by atoms with Crippen molar-refractivity contribution in [3.63, 3.8) is 0 Å². The van der Waals surface area contributed by atoms with E-state index >= 15 is 0 Å². The molecular formula is C30H38N2O4S. The van der Waals surface area contributed by atoms with Gasteiger partial charge in [0, 0.05) is 23.9 Å². The number of rotatable bonds is 8. The number of nitrogens with zero attached hydrogens (tertiary/aromatic N) is 2. The first-order valence-corrected chi connectivity index (χ1v) is 14.4. The number of hydrogen-bond donors (Lipinski definition) is 3. The van der Waals surface area contributed by atoms with E-state index in [1.165, 1.54) is 28.0 Å². The summed E-state index contributed by atoms with van der Waals surface area (Å²) in [5.74, 6) is 1.27. The van der Waals surface area contributed by atoms with Crippen LogP contribution in [0.3, 0.4) is 0 Å². The molecule has 3 N–H and O–H groups in total. The van der Waals surface area contributed by atoms with Crippen LogP contribution in [0.2, 0.25) is 0 Å². The summed E-state index contributed by atoms with van der Waals surface area (Å²) in [6.45, 7) is 2.17. The van der Waals surface area contributed by atoms with Crippen LogP contribution in [-0.4, -0.2) is 62.9 Å². The van der Waals surface area contributed by atoms with Crippen LogP contribution in [-0.2, 0) is 0 Å². The Morgan fingerprint density at radius 2 is 1.95 bits per heavy atom. The normalized spacial score (nSPS) is 28.8. The standard InChI is InChI=1S/C30H38N2O4S/c1-19-16-23(9-14-26(19)22-4-3-15-31-17-22)32-28(21-5-10-24(33)11-6-21)29(30(32)35)37-18-27(34)20-7-12-25(36-2)13-8-20/h5,7-8,12-13,15-17,24,27-30,33-35H,3-4,6,9-11,14,18H2,1-2H3/t24?,27-,28+,29?,30?/m0/s1. The summed E-state index contributed by atoms with van der Waals surface area (Å²) in [4.78, 5) is 6.56. The minimum absolute atomic E-state index is 0.0311. The largest absolute Gasteiger partial charge is 0.497 e. The molecule has 4 aliphatic rings. The molecule has 0 bridgehead atoms. The first kappa shape index (κ1) is 26.3. The summed E-state index contributed by atoms with van der Waals surface area (Å²) >= 11 is 1.64. The third-order valence-corrected chi connectivity index (χ3v) is 9.42. The maximum absolute atomic E-state index is 11.4. The number of hydrogen-bond acceptors (Lipinski definition) is 7. The Kier molecular flexibility index (Phi) is 8.24. The number of ether oxygens (including phenoxy) is 1. The highest BCUT2D eigenvalue weighted by molar-refractivity contribution is 8.00.